The number of hydrogen-bond donors (Lipinski definition) is 0. The van der Waals surface area contributed by atoms with Gasteiger partial charge in [-0.25, -0.2) is 0 Å². The van der Waals surface area contributed by atoms with Crippen molar-refractivity contribution < 1.29 is 9.00 Å². The molecule has 1 atom stereocenters. The van der Waals surface area contributed by atoms with Gasteiger partial charge in [0, 0.05) is 0 Å². The number of rotatable bonds is 0. The predicted molar refractivity (Wildman–Crippen MR) is 59.2 cm³/mol. The Kier molecular flexibility index (Phi) is 2.37. The maximum absolute atomic E-state index is 11.5. The zero-order chi connectivity index (χ0) is 9.42. The molecule has 0 fully saturated rings. The lowest BCUT2D eigenvalue weighted by Crippen LogP contribution is -2.31. The van der Waals surface area contributed by atoms with Crippen molar-refractivity contribution >= 4 is 45.3 Å². The summed E-state index contributed by atoms with van der Waals surface area (Å²) in [7, 11) is -1.16. The maximum Gasteiger partial charge on any atom is 0.248 e. The van der Waals surface area contributed by atoms with Crippen molar-refractivity contribution in [3.05, 3.63) is 24.3 Å². The molecule has 5 heteroatoms. The molecule has 0 saturated carbocycles. The third kappa shape index (κ3) is 1.50. The van der Waals surface area contributed by atoms with E-state index >= 15 is 0 Å². The predicted octanol–water partition coefficient (Wildman–Crippen LogP) is 1.49. The molecule has 0 bridgehead atoms. The summed E-state index contributed by atoms with van der Waals surface area (Å²) < 4.78 is 13.0. The van der Waals surface area contributed by atoms with Crippen molar-refractivity contribution in [1.29, 1.82) is 0 Å². The standard InChI is InChI=1S/C8H6INO2S/c9-10-6-3-1-2-4-7(6)13(12)5-8(10)11/h1-4H,5H2. The minimum atomic E-state index is -1.16. The van der Waals surface area contributed by atoms with E-state index in [4.69, 9.17) is 0 Å². The number of carbonyl (C=O) groups excluding carboxylic acids is 1. The average molecular weight is 307 g/mol. The number of hydrogen-bond acceptors (Lipinski definition) is 2. The van der Waals surface area contributed by atoms with Gasteiger partial charge in [-0.2, -0.15) is 0 Å². The van der Waals surface area contributed by atoms with E-state index in [-0.39, 0.29) is 11.7 Å². The van der Waals surface area contributed by atoms with E-state index in [1.165, 1.54) is 3.11 Å². The normalized spacial score (nSPS) is 21.5. The van der Waals surface area contributed by atoms with E-state index < -0.39 is 10.8 Å². The maximum atomic E-state index is 11.5. The summed E-state index contributed by atoms with van der Waals surface area (Å²) in [6.07, 6.45) is 0. The summed E-state index contributed by atoms with van der Waals surface area (Å²) in [4.78, 5) is 12.0. The van der Waals surface area contributed by atoms with Crippen LogP contribution >= 0.6 is 22.9 Å². The first-order valence-electron chi connectivity index (χ1n) is 3.66. The van der Waals surface area contributed by atoms with Crippen molar-refractivity contribution in [2.45, 2.75) is 4.90 Å². The summed E-state index contributed by atoms with van der Waals surface area (Å²) in [5, 5.41) is 0. The number of halogens is 1. The van der Waals surface area contributed by atoms with Crippen LogP contribution in [0.3, 0.4) is 0 Å². The van der Waals surface area contributed by atoms with E-state index in [0.29, 0.717) is 0 Å². The van der Waals surface area contributed by atoms with Crippen molar-refractivity contribution in [3.8, 4) is 0 Å². The highest BCUT2D eigenvalue weighted by atomic mass is 127. The Morgan fingerprint density at radius 1 is 1.38 bits per heavy atom. The van der Waals surface area contributed by atoms with Crippen LogP contribution < -0.4 is 3.11 Å². The van der Waals surface area contributed by atoms with E-state index in [2.05, 4.69) is 0 Å². The van der Waals surface area contributed by atoms with Crippen molar-refractivity contribution in [1.82, 2.24) is 0 Å². The summed E-state index contributed by atoms with van der Waals surface area (Å²) in [5.41, 5.74) is 0.748. The number of para-hydroxylation sites is 1. The van der Waals surface area contributed by atoms with Crippen LogP contribution in [-0.2, 0) is 15.6 Å². The van der Waals surface area contributed by atoms with Crippen LogP contribution in [0.25, 0.3) is 0 Å². The number of anilines is 1. The van der Waals surface area contributed by atoms with Crippen LogP contribution in [0.1, 0.15) is 0 Å². The second-order valence-electron chi connectivity index (χ2n) is 2.63. The van der Waals surface area contributed by atoms with Gasteiger partial charge in [0.05, 0.1) is 44.2 Å². The quantitative estimate of drug-likeness (QED) is 0.538. The Balaban J connectivity index is 2.60. The summed E-state index contributed by atoms with van der Waals surface area (Å²) in [6, 6.07) is 7.26. The Morgan fingerprint density at radius 2 is 2.08 bits per heavy atom. The fourth-order valence-corrected chi connectivity index (χ4v) is 3.31. The van der Waals surface area contributed by atoms with Gasteiger partial charge in [0.2, 0.25) is 5.91 Å². The molecule has 0 spiro atoms. The third-order valence-corrected chi connectivity index (χ3v) is 4.20. The molecule has 13 heavy (non-hydrogen) atoms. The molecule has 1 amide bonds. The highest BCUT2D eigenvalue weighted by Crippen LogP contribution is 2.30. The SMILES string of the molecule is O=C1CS(=O)c2ccccc2N1I. The smallest absolute Gasteiger partial charge is 0.248 e. The minimum absolute atomic E-state index is 0.0972. The molecule has 1 aliphatic rings. The Hall–Kier alpha value is -0.430. The molecule has 0 aliphatic carbocycles. The van der Waals surface area contributed by atoms with Crippen molar-refractivity contribution in [3.63, 3.8) is 0 Å². The van der Waals surface area contributed by atoms with Crippen molar-refractivity contribution in [2.24, 2.45) is 0 Å². The molecular weight excluding hydrogens is 301 g/mol. The Labute approximate surface area is 92.1 Å². The zero-order valence-electron chi connectivity index (χ0n) is 6.57. The molecule has 0 N–H and O–H groups in total. The van der Waals surface area contributed by atoms with Gasteiger partial charge >= 0.3 is 0 Å². The van der Waals surface area contributed by atoms with Gasteiger partial charge in [-0.3, -0.25) is 12.1 Å². The summed E-state index contributed by atoms with van der Waals surface area (Å²) in [5.74, 6) is -0.00224. The number of amides is 1. The molecule has 0 radical (unpaired) electrons. The second-order valence-corrected chi connectivity index (χ2v) is 5.02. The van der Waals surface area contributed by atoms with E-state index in [1.807, 2.05) is 35.0 Å². The van der Waals surface area contributed by atoms with Gasteiger partial charge in [-0.15, -0.1) is 0 Å². The monoisotopic (exact) mass is 307 g/mol. The van der Waals surface area contributed by atoms with Crippen LogP contribution in [0.15, 0.2) is 29.2 Å². The fourth-order valence-electron chi connectivity index (χ4n) is 1.19. The number of nitrogens with zero attached hydrogens (tertiary/aromatic N) is 1. The number of carbonyl (C=O) groups is 1. The van der Waals surface area contributed by atoms with Gasteiger partial charge in [0.25, 0.3) is 0 Å². The Morgan fingerprint density at radius 3 is 2.85 bits per heavy atom. The van der Waals surface area contributed by atoms with Gasteiger partial charge in [-0.05, 0) is 12.1 Å². The van der Waals surface area contributed by atoms with Crippen LogP contribution in [0.4, 0.5) is 5.69 Å². The first-order valence-corrected chi connectivity index (χ1v) is 5.94. The van der Waals surface area contributed by atoms with Crippen LogP contribution in [-0.4, -0.2) is 15.9 Å². The summed E-state index contributed by atoms with van der Waals surface area (Å²) >= 11 is 1.93. The molecule has 1 aromatic carbocycles. The minimum Gasteiger partial charge on any atom is -0.273 e. The highest BCUT2D eigenvalue weighted by Gasteiger charge is 2.26. The second kappa shape index (κ2) is 3.38. The van der Waals surface area contributed by atoms with Gasteiger partial charge < -0.3 is 0 Å². The number of fused-ring (bicyclic) bond motifs is 1. The van der Waals surface area contributed by atoms with Crippen LogP contribution in [0.5, 0.6) is 0 Å². The topological polar surface area (TPSA) is 37.4 Å². The van der Waals surface area contributed by atoms with E-state index in [0.717, 1.165) is 10.6 Å². The lowest BCUT2D eigenvalue weighted by molar-refractivity contribution is -0.114. The lowest BCUT2D eigenvalue weighted by Gasteiger charge is -2.22. The molecule has 0 aromatic heterocycles. The molecule has 1 aliphatic heterocycles. The van der Waals surface area contributed by atoms with Gasteiger partial charge in [0.15, 0.2) is 0 Å². The molecular formula is C8H6INO2S. The average Bonchev–Trinajstić information content (AvgIpc) is 2.15. The highest BCUT2D eigenvalue weighted by molar-refractivity contribution is 14.1. The fraction of sp³-hybridized carbons (Fsp3) is 0.125. The Bertz CT molecular complexity index is 393. The summed E-state index contributed by atoms with van der Waals surface area (Å²) in [6.45, 7) is 0. The number of benzene rings is 1. The molecule has 3 nitrogen and oxygen atoms in total. The van der Waals surface area contributed by atoms with Gasteiger partial charge in [0.1, 0.15) is 5.75 Å². The molecule has 2 rings (SSSR count). The van der Waals surface area contributed by atoms with E-state index in [1.54, 1.807) is 12.1 Å². The first kappa shape index (κ1) is 9.14. The molecule has 0 saturated heterocycles. The van der Waals surface area contributed by atoms with E-state index in [9.17, 15) is 9.00 Å². The van der Waals surface area contributed by atoms with Crippen molar-refractivity contribution in [2.75, 3.05) is 8.87 Å². The van der Waals surface area contributed by atoms with Gasteiger partial charge in [-0.1, -0.05) is 12.1 Å². The molecule has 68 valence electrons. The third-order valence-electron chi connectivity index (χ3n) is 1.80. The molecule has 1 unspecified atom stereocenters. The zero-order valence-corrected chi connectivity index (χ0v) is 9.54. The molecule has 1 heterocycles. The first-order chi connectivity index (χ1) is 6.20. The van der Waals surface area contributed by atoms with Crippen LogP contribution in [0, 0.1) is 0 Å². The van der Waals surface area contributed by atoms with Crippen LogP contribution in [0.2, 0.25) is 0 Å². The largest absolute Gasteiger partial charge is 0.273 e. The lowest BCUT2D eigenvalue weighted by atomic mass is 10.3. The molecule has 1 aromatic rings.